The summed E-state index contributed by atoms with van der Waals surface area (Å²) >= 11 is 0. The summed E-state index contributed by atoms with van der Waals surface area (Å²) in [5, 5.41) is 9.20. The van der Waals surface area contributed by atoms with E-state index in [0.29, 0.717) is 0 Å². The van der Waals surface area contributed by atoms with Gasteiger partial charge in [0, 0.05) is 6.54 Å². The molecule has 4 nitrogen and oxygen atoms in total. The normalized spacial score (nSPS) is 24.3. The van der Waals surface area contributed by atoms with E-state index >= 15 is 0 Å². The number of amides is 1. The number of hydrogen-bond donors (Lipinski definition) is 2. The number of carbonyl (C=O) groups is 1. The first-order chi connectivity index (χ1) is 7.07. The maximum atomic E-state index is 12.0. The Balaban J connectivity index is 2.63. The number of carbonyl (C=O) groups excluding carboxylic acids is 1. The Hall–Kier alpha value is -0.610. The van der Waals surface area contributed by atoms with E-state index in [2.05, 4.69) is 0 Å². The lowest BCUT2D eigenvalue weighted by Gasteiger charge is -2.36. The molecule has 0 aliphatic carbocycles. The predicted molar refractivity (Wildman–Crippen MR) is 59.3 cm³/mol. The molecule has 1 fully saturated rings. The Kier molecular flexibility index (Phi) is 4.54. The quantitative estimate of drug-likeness (QED) is 0.712. The van der Waals surface area contributed by atoms with Crippen LogP contribution in [-0.2, 0) is 4.79 Å². The van der Waals surface area contributed by atoms with Crippen molar-refractivity contribution in [2.45, 2.75) is 45.2 Å². The van der Waals surface area contributed by atoms with E-state index in [1.807, 2.05) is 13.8 Å². The third-order valence-corrected chi connectivity index (χ3v) is 3.12. The first-order valence-electron chi connectivity index (χ1n) is 5.74. The van der Waals surface area contributed by atoms with Gasteiger partial charge in [-0.25, -0.2) is 0 Å². The Morgan fingerprint density at radius 1 is 1.53 bits per heavy atom. The Bertz CT molecular complexity index is 219. The van der Waals surface area contributed by atoms with Gasteiger partial charge in [0.2, 0.25) is 5.91 Å². The summed E-state index contributed by atoms with van der Waals surface area (Å²) in [5.41, 5.74) is 5.83. The summed E-state index contributed by atoms with van der Waals surface area (Å²) in [6, 6.07) is -0.451. The van der Waals surface area contributed by atoms with Gasteiger partial charge in [0.1, 0.15) is 0 Å². The van der Waals surface area contributed by atoms with Crippen LogP contribution < -0.4 is 5.73 Å². The van der Waals surface area contributed by atoms with Crippen LogP contribution in [0.3, 0.4) is 0 Å². The number of hydrogen-bond acceptors (Lipinski definition) is 3. The van der Waals surface area contributed by atoms with Crippen LogP contribution in [0.4, 0.5) is 0 Å². The molecule has 1 rings (SSSR count). The third-order valence-electron chi connectivity index (χ3n) is 3.12. The molecule has 1 heterocycles. The summed E-state index contributed by atoms with van der Waals surface area (Å²) < 4.78 is 0. The van der Waals surface area contributed by atoms with Gasteiger partial charge in [-0.1, -0.05) is 13.8 Å². The molecule has 0 aromatic heterocycles. The molecule has 0 radical (unpaired) electrons. The largest absolute Gasteiger partial charge is 0.394 e. The van der Waals surface area contributed by atoms with E-state index in [1.165, 1.54) is 0 Å². The molecular weight excluding hydrogens is 192 g/mol. The fourth-order valence-electron chi connectivity index (χ4n) is 1.96. The van der Waals surface area contributed by atoms with Crippen molar-refractivity contribution in [2.24, 2.45) is 11.7 Å². The third kappa shape index (κ3) is 2.92. The van der Waals surface area contributed by atoms with Crippen LogP contribution >= 0.6 is 0 Å². The molecule has 15 heavy (non-hydrogen) atoms. The maximum absolute atomic E-state index is 12.0. The number of nitrogens with zero attached hydrogens (tertiary/aromatic N) is 1. The number of aliphatic hydroxyl groups is 1. The molecule has 0 spiro atoms. The van der Waals surface area contributed by atoms with Crippen LogP contribution in [0.1, 0.15) is 33.1 Å². The second kappa shape index (κ2) is 5.47. The average molecular weight is 214 g/mol. The lowest BCUT2D eigenvalue weighted by atomic mass is 9.98. The van der Waals surface area contributed by atoms with Gasteiger partial charge in [-0.3, -0.25) is 4.79 Å². The molecule has 1 amide bonds. The number of piperidine rings is 1. The van der Waals surface area contributed by atoms with E-state index in [0.717, 1.165) is 25.8 Å². The van der Waals surface area contributed by atoms with Gasteiger partial charge >= 0.3 is 0 Å². The molecule has 88 valence electrons. The molecular formula is C11H22N2O2. The Morgan fingerprint density at radius 2 is 2.20 bits per heavy atom. The zero-order valence-electron chi connectivity index (χ0n) is 9.65. The summed E-state index contributed by atoms with van der Waals surface area (Å²) in [6.07, 6.45) is 3.01. The standard InChI is InChI=1S/C11H22N2O2/c1-8(2)10(12)11(15)13-6-4-3-5-9(13)7-14/h8-10,14H,3-7,12H2,1-2H3/t9?,10-/m0/s1. The highest BCUT2D eigenvalue weighted by molar-refractivity contribution is 5.82. The van der Waals surface area contributed by atoms with Crippen molar-refractivity contribution < 1.29 is 9.90 Å². The highest BCUT2D eigenvalue weighted by Gasteiger charge is 2.30. The molecule has 0 aromatic rings. The van der Waals surface area contributed by atoms with Crippen molar-refractivity contribution in [1.82, 2.24) is 4.90 Å². The minimum absolute atomic E-state index is 0.0104. The molecule has 1 unspecified atom stereocenters. The zero-order chi connectivity index (χ0) is 11.4. The Labute approximate surface area is 91.4 Å². The van der Waals surface area contributed by atoms with E-state index < -0.39 is 6.04 Å². The van der Waals surface area contributed by atoms with Gasteiger partial charge < -0.3 is 15.7 Å². The molecule has 1 aliphatic heterocycles. The van der Waals surface area contributed by atoms with Crippen LogP contribution in [0.25, 0.3) is 0 Å². The molecule has 1 saturated heterocycles. The number of rotatable bonds is 3. The summed E-state index contributed by atoms with van der Waals surface area (Å²) in [5.74, 6) is 0.141. The number of nitrogens with two attached hydrogens (primary N) is 1. The molecule has 0 aromatic carbocycles. The molecule has 0 bridgehead atoms. The average Bonchev–Trinajstić information content (AvgIpc) is 2.26. The highest BCUT2D eigenvalue weighted by atomic mass is 16.3. The van der Waals surface area contributed by atoms with Crippen LogP contribution in [0.5, 0.6) is 0 Å². The van der Waals surface area contributed by atoms with Crippen LogP contribution in [0, 0.1) is 5.92 Å². The van der Waals surface area contributed by atoms with Crippen LogP contribution in [0.15, 0.2) is 0 Å². The van der Waals surface area contributed by atoms with E-state index in [9.17, 15) is 9.90 Å². The second-order valence-electron chi connectivity index (χ2n) is 4.63. The molecule has 2 atom stereocenters. The SMILES string of the molecule is CC(C)[C@H](N)C(=O)N1CCCCC1CO. The van der Waals surface area contributed by atoms with Crippen molar-refractivity contribution in [3.63, 3.8) is 0 Å². The zero-order valence-corrected chi connectivity index (χ0v) is 9.65. The van der Waals surface area contributed by atoms with E-state index in [4.69, 9.17) is 5.73 Å². The Morgan fingerprint density at radius 3 is 2.73 bits per heavy atom. The molecule has 3 N–H and O–H groups in total. The minimum Gasteiger partial charge on any atom is -0.394 e. The molecule has 0 saturated carbocycles. The van der Waals surface area contributed by atoms with Gasteiger partial charge in [0.05, 0.1) is 18.7 Å². The monoisotopic (exact) mass is 214 g/mol. The first kappa shape index (κ1) is 12.5. The van der Waals surface area contributed by atoms with Gasteiger partial charge in [0.25, 0.3) is 0 Å². The van der Waals surface area contributed by atoms with Crippen LogP contribution in [0.2, 0.25) is 0 Å². The van der Waals surface area contributed by atoms with E-state index in [-0.39, 0.29) is 24.5 Å². The first-order valence-corrected chi connectivity index (χ1v) is 5.74. The number of likely N-dealkylation sites (tertiary alicyclic amines) is 1. The van der Waals surface area contributed by atoms with Gasteiger partial charge in [-0.2, -0.15) is 0 Å². The van der Waals surface area contributed by atoms with E-state index in [1.54, 1.807) is 4.90 Å². The lowest BCUT2D eigenvalue weighted by molar-refractivity contribution is -0.138. The summed E-state index contributed by atoms with van der Waals surface area (Å²) in [6.45, 7) is 4.68. The fraction of sp³-hybridized carbons (Fsp3) is 0.909. The fourth-order valence-corrected chi connectivity index (χ4v) is 1.96. The van der Waals surface area contributed by atoms with Crippen molar-refractivity contribution in [3.8, 4) is 0 Å². The lowest BCUT2D eigenvalue weighted by Crippen LogP contribution is -2.53. The predicted octanol–water partition coefficient (Wildman–Crippen LogP) is 0.343. The van der Waals surface area contributed by atoms with Crippen LogP contribution in [-0.4, -0.2) is 41.1 Å². The minimum atomic E-state index is -0.433. The topological polar surface area (TPSA) is 66.6 Å². The summed E-state index contributed by atoms with van der Waals surface area (Å²) in [7, 11) is 0. The van der Waals surface area contributed by atoms with Crippen molar-refractivity contribution in [1.29, 1.82) is 0 Å². The highest BCUT2D eigenvalue weighted by Crippen LogP contribution is 2.18. The molecule has 4 heteroatoms. The van der Waals surface area contributed by atoms with Crippen molar-refractivity contribution >= 4 is 5.91 Å². The van der Waals surface area contributed by atoms with Crippen molar-refractivity contribution in [2.75, 3.05) is 13.2 Å². The second-order valence-corrected chi connectivity index (χ2v) is 4.63. The van der Waals surface area contributed by atoms with Crippen molar-refractivity contribution in [3.05, 3.63) is 0 Å². The van der Waals surface area contributed by atoms with Gasteiger partial charge in [0.15, 0.2) is 0 Å². The van der Waals surface area contributed by atoms with Gasteiger partial charge in [-0.15, -0.1) is 0 Å². The maximum Gasteiger partial charge on any atom is 0.240 e. The number of aliphatic hydroxyl groups excluding tert-OH is 1. The summed E-state index contributed by atoms with van der Waals surface area (Å²) in [4.78, 5) is 13.8. The molecule has 1 aliphatic rings. The van der Waals surface area contributed by atoms with Gasteiger partial charge in [-0.05, 0) is 25.2 Å². The smallest absolute Gasteiger partial charge is 0.240 e.